The van der Waals surface area contributed by atoms with E-state index in [9.17, 15) is 0 Å². The average molecular weight is 315 g/mol. The van der Waals surface area contributed by atoms with Crippen LogP contribution >= 0.6 is 0 Å². The number of pyridine rings is 1. The van der Waals surface area contributed by atoms with Gasteiger partial charge in [-0.25, -0.2) is 0 Å². The third-order valence-corrected chi connectivity index (χ3v) is 5.73. The van der Waals surface area contributed by atoms with Crippen LogP contribution in [0.3, 0.4) is 0 Å². The summed E-state index contributed by atoms with van der Waals surface area (Å²) < 4.78 is 0. The van der Waals surface area contributed by atoms with Gasteiger partial charge in [0.2, 0.25) is 0 Å². The molecule has 3 rings (SSSR count). The van der Waals surface area contributed by atoms with E-state index in [1.807, 2.05) is 0 Å². The molecule has 2 nitrogen and oxygen atoms in total. The Labute approximate surface area is 142 Å². The molecule has 1 fully saturated rings. The summed E-state index contributed by atoms with van der Waals surface area (Å²) in [5.74, 6) is 0. The average Bonchev–Trinajstić information content (AvgIpc) is 2.50. The predicted octanol–water partition coefficient (Wildman–Crippen LogP) is 4.94. The molecule has 128 valence electrons. The van der Waals surface area contributed by atoms with Gasteiger partial charge in [-0.15, -0.1) is 0 Å². The van der Waals surface area contributed by atoms with Crippen LogP contribution in [0.1, 0.15) is 89.0 Å². The molecular weight excluding hydrogens is 280 g/mol. The molecule has 1 unspecified atom stereocenters. The van der Waals surface area contributed by atoms with Gasteiger partial charge in [0.15, 0.2) is 0 Å². The van der Waals surface area contributed by atoms with Crippen LogP contribution in [0.4, 0.5) is 0 Å². The van der Waals surface area contributed by atoms with Crippen LogP contribution < -0.4 is 5.32 Å². The Balaban J connectivity index is 1.66. The summed E-state index contributed by atoms with van der Waals surface area (Å²) >= 11 is 0. The normalized spacial score (nSPS) is 23.9. The van der Waals surface area contributed by atoms with Crippen molar-refractivity contribution < 1.29 is 0 Å². The molecule has 1 N–H and O–H groups in total. The van der Waals surface area contributed by atoms with Crippen LogP contribution in [0.25, 0.3) is 0 Å². The van der Waals surface area contributed by atoms with Crippen molar-refractivity contribution in [3.63, 3.8) is 0 Å². The molecule has 0 bridgehead atoms. The van der Waals surface area contributed by atoms with Crippen molar-refractivity contribution in [1.29, 1.82) is 0 Å². The van der Waals surface area contributed by atoms with Crippen molar-refractivity contribution in [3.05, 3.63) is 29.1 Å². The summed E-state index contributed by atoms with van der Waals surface area (Å²) in [6.07, 6.45) is 15.4. The zero-order valence-corrected chi connectivity index (χ0v) is 15.3. The van der Waals surface area contributed by atoms with Crippen LogP contribution in [-0.4, -0.2) is 17.1 Å². The molecule has 1 aromatic rings. The molecular formula is C21H34N2. The van der Waals surface area contributed by atoms with E-state index in [1.54, 1.807) is 0 Å². The lowest BCUT2D eigenvalue weighted by Gasteiger charge is -2.30. The van der Waals surface area contributed by atoms with Crippen LogP contribution in [0.5, 0.6) is 0 Å². The quantitative estimate of drug-likeness (QED) is 0.836. The van der Waals surface area contributed by atoms with E-state index >= 15 is 0 Å². The smallest absolute Gasteiger partial charge is 0.0435 e. The van der Waals surface area contributed by atoms with E-state index in [4.69, 9.17) is 4.98 Å². The molecule has 0 saturated heterocycles. The van der Waals surface area contributed by atoms with Gasteiger partial charge in [-0.3, -0.25) is 4.98 Å². The van der Waals surface area contributed by atoms with E-state index in [-0.39, 0.29) is 5.41 Å². The van der Waals surface area contributed by atoms with Gasteiger partial charge in [0, 0.05) is 24.0 Å². The number of aromatic nitrogens is 1. The largest absolute Gasteiger partial charge is 0.311 e. The highest BCUT2D eigenvalue weighted by Gasteiger charge is 2.22. The summed E-state index contributed by atoms with van der Waals surface area (Å²) in [6, 6.07) is 3.93. The van der Waals surface area contributed by atoms with Crippen molar-refractivity contribution in [1.82, 2.24) is 10.3 Å². The Morgan fingerprint density at radius 2 is 1.61 bits per heavy atom. The molecule has 1 saturated carbocycles. The van der Waals surface area contributed by atoms with Crippen molar-refractivity contribution in [2.75, 3.05) is 0 Å². The molecule has 1 heterocycles. The molecule has 2 heteroatoms. The molecule has 2 aliphatic rings. The van der Waals surface area contributed by atoms with E-state index in [0.29, 0.717) is 6.04 Å². The fraction of sp³-hybridized carbons (Fsp3) is 0.762. The van der Waals surface area contributed by atoms with Gasteiger partial charge in [-0.2, -0.15) is 0 Å². The summed E-state index contributed by atoms with van der Waals surface area (Å²) in [5, 5.41) is 3.98. The highest BCUT2D eigenvalue weighted by Crippen LogP contribution is 2.27. The highest BCUT2D eigenvalue weighted by molar-refractivity contribution is 5.30. The molecule has 0 aliphatic heterocycles. The Hall–Kier alpha value is -0.890. The lowest BCUT2D eigenvalue weighted by Crippen LogP contribution is -2.40. The maximum Gasteiger partial charge on any atom is 0.0435 e. The van der Waals surface area contributed by atoms with Gasteiger partial charge in [0.1, 0.15) is 0 Å². The number of rotatable bonds is 2. The second kappa shape index (κ2) is 7.34. The zero-order chi connectivity index (χ0) is 16.3. The van der Waals surface area contributed by atoms with Crippen LogP contribution in [0, 0.1) is 0 Å². The molecule has 0 aromatic carbocycles. The van der Waals surface area contributed by atoms with Gasteiger partial charge in [0.25, 0.3) is 0 Å². The summed E-state index contributed by atoms with van der Waals surface area (Å²) in [5.41, 5.74) is 4.44. The van der Waals surface area contributed by atoms with Crippen LogP contribution in [0.2, 0.25) is 0 Å². The summed E-state index contributed by atoms with van der Waals surface area (Å²) in [6.45, 7) is 6.85. The van der Waals surface area contributed by atoms with E-state index in [0.717, 1.165) is 12.5 Å². The third-order valence-electron chi connectivity index (χ3n) is 5.73. The Morgan fingerprint density at radius 3 is 2.35 bits per heavy atom. The minimum atomic E-state index is 0.199. The lowest BCUT2D eigenvalue weighted by atomic mass is 9.85. The molecule has 2 aliphatic carbocycles. The molecule has 23 heavy (non-hydrogen) atoms. The number of fused-ring (bicyclic) bond motifs is 1. The fourth-order valence-electron chi connectivity index (χ4n) is 4.15. The number of nitrogens with zero attached hydrogens (tertiary/aromatic N) is 1. The van der Waals surface area contributed by atoms with E-state index in [1.165, 1.54) is 74.6 Å². The first-order valence-corrected chi connectivity index (χ1v) is 9.77. The Morgan fingerprint density at radius 1 is 0.913 bits per heavy atom. The van der Waals surface area contributed by atoms with Crippen LogP contribution in [0.15, 0.2) is 12.3 Å². The monoisotopic (exact) mass is 314 g/mol. The lowest BCUT2D eigenvalue weighted by molar-refractivity contribution is 0.312. The number of hydrogen-bond acceptors (Lipinski definition) is 2. The van der Waals surface area contributed by atoms with Gasteiger partial charge in [0.05, 0.1) is 0 Å². The fourth-order valence-corrected chi connectivity index (χ4v) is 4.15. The van der Waals surface area contributed by atoms with Gasteiger partial charge >= 0.3 is 0 Å². The molecule has 0 amide bonds. The van der Waals surface area contributed by atoms with E-state index < -0.39 is 0 Å². The minimum Gasteiger partial charge on any atom is -0.311 e. The maximum absolute atomic E-state index is 4.81. The second-order valence-corrected chi connectivity index (χ2v) is 8.71. The van der Waals surface area contributed by atoms with E-state index in [2.05, 4.69) is 38.4 Å². The second-order valence-electron chi connectivity index (χ2n) is 8.71. The zero-order valence-electron chi connectivity index (χ0n) is 15.3. The summed E-state index contributed by atoms with van der Waals surface area (Å²) in [7, 11) is 0. The maximum atomic E-state index is 4.81. The first-order valence-electron chi connectivity index (χ1n) is 9.77. The van der Waals surface area contributed by atoms with Gasteiger partial charge in [-0.1, -0.05) is 46.1 Å². The molecule has 0 radical (unpaired) electrons. The minimum absolute atomic E-state index is 0.199. The summed E-state index contributed by atoms with van der Waals surface area (Å²) in [4.78, 5) is 4.81. The van der Waals surface area contributed by atoms with Crippen molar-refractivity contribution in [2.24, 2.45) is 0 Å². The Kier molecular flexibility index (Phi) is 5.41. The highest BCUT2D eigenvalue weighted by atomic mass is 14.9. The first-order chi connectivity index (χ1) is 11.0. The van der Waals surface area contributed by atoms with Crippen molar-refractivity contribution in [2.45, 2.75) is 102 Å². The Bertz CT molecular complexity index is 509. The third kappa shape index (κ3) is 4.56. The van der Waals surface area contributed by atoms with Gasteiger partial charge in [-0.05, 0) is 61.5 Å². The van der Waals surface area contributed by atoms with Gasteiger partial charge < -0.3 is 5.32 Å². The number of nitrogens with one attached hydrogen (secondary N) is 1. The molecule has 1 aromatic heterocycles. The number of hydrogen-bond donors (Lipinski definition) is 1. The topological polar surface area (TPSA) is 24.9 Å². The first kappa shape index (κ1) is 17.0. The number of aryl methyl sites for hydroxylation is 2. The standard InChI is InChI=1S/C21H34N2/c1-21(2,3)17-14-16-12-13-19(10-7-11-20(16)22-15-17)23-18-8-5-4-6-9-18/h14-15,18-19,23H,4-13H2,1-3H3. The predicted molar refractivity (Wildman–Crippen MR) is 98.0 cm³/mol. The van der Waals surface area contributed by atoms with Crippen molar-refractivity contribution in [3.8, 4) is 0 Å². The van der Waals surface area contributed by atoms with Crippen molar-refractivity contribution >= 4 is 0 Å². The molecule has 1 atom stereocenters. The molecule has 0 spiro atoms. The SMILES string of the molecule is CC(C)(C)c1cnc2c(c1)CCC(NC1CCCCC1)CCC2. The van der Waals surface area contributed by atoms with Crippen LogP contribution in [-0.2, 0) is 18.3 Å².